The Kier molecular flexibility index (Phi) is 6.46. The summed E-state index contributed by atoms with van der Waals surface area (Å²) in [5, 5.41) is 6.90. The molecule has 2 amide bonds. The van der Waals surface area contributed by atoms with Crippen LogP contribution in [0.25, 0.3) is 0 Å². The topological polar surface area (TPSA) is 70.6 Å². The van der Waals surface area contributed by atoms with Crippen molar-refractivity contribution in [2.75, 3.05) is 5.32 Å². The predicted molar refractivity (Wildman–Crippen MR) is 101 cm³/mol. The Labute approximate surface area is 148 Å². The van der Waals surface area contributed by atoms with Gasteiger partial charge in [0.25, 0.3) is 11.8 Å². The first-order chi connectivity index (χ1) is 12.0. The van der Waals surface area contributed by atoms with E-state index in [0.717, 1.165) is 12.1 Å². The number of nitrogens with zero attached hydrogens (tertiary/aromatic N) is 1. The third-order valence-electron chi connectivity index (χ3n) is 3.49. The van der Waals surface area contributed by atoms with Crippen molar-refractivity contribution in [1.82, 2.24) is 5.43 Å². The summed E-state index contributed by atoms with van der Waals surface area (Å²) in [6, 6.07) is 15.7. The molecule has 0 heterocycles. The zero-order valence-corrected chi connectivity index (χ0v) is 14.7. The highest BCUT2D eigenvalue weighted by atomic mass is 16.2. The van der Waals surface area contributed by atoms with Crippen LogP contribution in [0.4, 0.5) is 5.69 Å². The molecular formula is C20H23N3O2. The number of amides is 2. The number of hydrogen-bond donors (Lipinski definition) is 2. The average molecular weight is 337 g/mol. The van der Waals surface area contributed by atoms with Gasteiger partial charge in [-0.1, -0.05) is 32.0 Å². The van der Waals surface area contributed by atoms with Crippen molar-refractivity contribution in [3.8, 4) is 0 Å². The maximum Gasteiger partial charge on any atom is 0.271 e. The van der Waals surface area contributed by atoms with Crippen molar-refractivity contribution in [3.63, 3.8) is 0 Å². The zero-order valence-electron chi connectivity index (χ0n) is 14.7. The van der Waals surface area contributed by atoms with Crippen molar-refractivity contribution in [2.24, 2.45) is 11.0 Å². The van der Waals surface area contributed by atoms with E-state index in [-0.39, 0.29) is 11.8 Å². The van der Waals surface area contributed by atoms with Crippen LogP contribution in [0.2, 0.25) is 0 Å². The molecular weight excluding hydrogens is 314 g/mol. The highest BCUT2D eigenvalue weighted by Crippen LogP contribution is 2.11. The molecule has 0 bridgehead atoms. The van der Waals surface area contributed by atoms with Gasteiger partial charge in [-0.2, -0.15) is 5.10 Å². The van der Waals surface area contributed by atoms with E-state index in [2.05, 4.69) is 29.7 Å². The molecule has 5 nitrogen and oxygen atoms in total. The molecule has 0 saturated carbocycles. The molecule has 0 aliphatic carbocycles. The number of hydrogen-bond acceptors (Lipinski definition) is 3. The number of carbonyl (C=O) groups excluding carboxylic acids is 2. The average Bonchev–Trinajstić information content (AvgIpc) is 2.60. The summed E-state index contributed by atoms with van der Waals surface area (Å²) in [6.45, 7) is 6.09. The van der Waals surface area contributed by atoms with E-state index in [0.29, 0.717) is 22.7 Å². The van der Waals surface area contributed by atoms with Gasteiger partial charge in [0.05, 0.1) is 0 Å². The highest BCUT2D eigenvalue weighted by molar-refractivity contribution is 6.04. The van der Waals surface area contributed by atoms with Gasteiger partial charge in [0.15, 0.2) is 0 Å². The molecule has 0 radical (unpaired) electrons. The number of anilines is 1. The number of hydrazone groups is 1. The number of benzene rings is 2. The third-order valence-corrected chi connectivity index (χ3v) is 3.49. The van der Waals surface area contributed by atoms with Gasteiger partial charge in [0, 0.05) is 22.5 Å². The fourth-order valence-electron chi connectivity index (χ4n) is 2.34. The smallest absolute Gasteiger partial charge is 0.271 e. The fraction of sp³-hybridized carbons (Fsp3) is 0.250. The van der Waals surface area contributed by atoms with Crippen LogP contribution < -0.4 is 10.7 Å². The Balaban J connectivity index is 1.95. The summed E-state index contributed by atoms with van der Waals surface area (Å²) in [5.74, 6) is 0.0314. The Morgan fingerprint density at radius 3 is 2.12 bits per heavy atom. The van der Waals surface area contributed by atoms with Gasteiger partial charge in [-0.05, 0) is 55.7 Å². The lowest BCUT2D eigenvalue weighted by Crippen LogP contribution is -2.19. The first-order valence-corrected chi connectivity index (χ1v) is 8.25. The molecule has 2 rings (SSSR count). The number of carbonyl (C=O) groups is 2. The zero-order chi connectivity index (χ0) is 18.2. The molecule has 0 fully saturated rings. The van der Waals surface area contributed by atoms with Crippen molar-refractivity contribution >= 4 is 23.2 Å². The first kappa shape index (κ1) is 18.4. The maximum absolute atomic E-state index is 12.1. The standard InChI is InChI=1S/C20H23N3O2/c1-14(2)13-15(3)22-23-20(25)17-9-11-18(12-10-17)21-19(24)16-7-5-4-6-8-16/h4-12,14H,13H2,1-3H3,(H,21,24)(H,23,25). The second-order valence-electron chi connectivity index (χ2n) is 6.28. The lowest BCUT2D eigenvalue weighted by molar-refractivity contribution is 0.0954. The molecule has 0 aromatic heterocycles. The van der Waals surface area contributed by atoms with E-state index in [1.807, 2.05) is 25.1 Å². The molecule has 0 atom stereocenters. The molecule has 0 unspecified atom stereocenters. The summed E-state index contributed by atoms with van der Waals surface area (Å²) in [7, 11) is 0. The molecule has 25 heavy (non-hydrogen) atoms. The predicted octanol–water partition coefficient (Wildman–Crippen LogP) is 4.09. The molecule has 0 saturated heterocycles. The van der Waals surface area contributed by atoms with Crippen LogP contribution in [0.3, 0.4) is 0 Å². The van der Waals surface area contributed by atoms with Gasteiger partial charge in [0.1, 0.15) is 0 Å². The van der Waals surface area contributed by atoms with Gasteiger partial charge in [-0.15, -0.1) is 0 Å². The monoisotopic (exact) mass is 337 g/mol. The summed E-state index contributed by atoms with van der Waals surface area (Å²) in [4.78, 5) is 24.2. The van der Waals surface area contributed by atoms with E-state index < -0.39 is 0 Å². The van der Waals surface area contributed by atoms with Crippen LogP contribution in [-0.2, 0) is 0 Å². The van der Waals surface area contributed by atoms with Gasteiger partial charge in [-0.25, -0.2) is 5.43 Å². The van der Waals surface area contributed by atoms with Crippen molar-refractivity contribution in [1.29, 1.82) is 0 Å². The summed E-state index contributed by atoms with van der Waals surface area (Å²) in [6.07, 6.45) is 0.838. The highest BCUT2D eigenvalue weighted by Gasteiger charge is 2.08. The molecule has 0 aliphatic rings. The van der Waals surface area contributed by atoms with Gasteiger partial charge in [-0.3, -0.25) is 9.59 Å². The minimum atomic E-state index is -0.274. The van der Waals surface area contributed by atoms with Crippen LogP contribution >= 0.6 is 0 Å². The Morgan fingerprint density at radius 2 is 1.52 bits per heavy atom. The third kappa shape index (κ3) is 5.88. The normalized spacial score (nSPS) is 11.3. The number of nitrogens with one attached hydrogen (secondary N) is 2. The van der Waals surface area contributed by atoms with Crippen molar-refractivity contribution in [3.05, 3.63) is 65.7 Å². The van der Waals surface area contributed by atoms with Crippen LogP contribution in [-0.4, -0.2) is 17.5 Å². The van der Waals surface area contributed by atoms with Gasteiger partial charge in [0.2, 0.25) is 0 Å². The van der Waals surface area contributed by atoms with Crippen LogP contribution in [0, 0.1) is 5.92 Å². The van der Waals surface area contributed by atoms with E-state index >= 15 is 0 Å². The Morgan fingerprint density at radius 1 is 0.920 bits per heavy atom. The van der Waals surface area contributed by atoms with Crippen LogP contribution in [0.1, 0.15) is 47.9 Å². The fourth-order valence-corrected chi connectivity index (χ4v) is 2.34. The van der Waals surface area contributed by atoms with Gasteiger partial charge < -0.3 is 5.32 Å². The SMILES string of the molecule is CC(CC(C)C)=NNC(=O)c1ccc(NC(=O)c2ccccc2)cc1. The maximum atomic E-state index is 12.1. The van der Waals surface area contributed by atoms with Crippen LogP contribution in [0.15, 0.2) is 59.7 Å². The van der Waals surface area contributed by atoms with Gasteiger partial charge >= 0.3 is 0 Å². The van der Waals surface area contributed by atoms with Crippen LogP contribution in [0.5, 0.6) is 0 Å². The Hall–Kier alpha value is -2.95. The lowest BCUT2D eigenvalue weighted by Gasteiger charge is -2.07. The second kappa shape index (κ2) is 8.78. The molecule has 5 heteroatoms. The second-order valence-corrected chi connectivity index (χ2v) is 6.28. The molecule has 130 valence electrons. The van der Waals surface area contributed by atoms with E-state index in [1.54, 1.807) is 36.4 Å². The molecule has 2 aromatic rings. The largest absolute Gasteiger partial charge is 0.322 e. The minimum Gasteiger partial charge on any atom is -0.322 e. The first-order valence-electron chi connectivity index (χ1n) is 8.25. The lowest BCUT2D eigenvalue weighted by atomic mass is 10.1. The molecule has 0 aliphatic heterocycles. The minimum absolute atomic E-state index is 0.188. The van der Waals surface area contributed by atoms with E-state index in [1.165, 1.54) is 0 Å². The van der Waals surface area contributed by atoms with Crippen molar-refractivity contribution in [2.45, 2.75) is 27.2 Å². The Bertz CT molecular complexity index is 750. The summed E-state index contributed by atoms with van der Waals surface area (Å²) < 4.78 is 0. The molecule has 2 aromatic carbocycles. The molecule has 2 N–H and O–H groups in total. The van der Waals surface area contributed by atoms with Crippen molar-refractivity contribution < 1.29 is 9.59 Å². The summed E-state index contributed by atoms with van der Waals surface area (Å²) >= 11 is 0. The van der Waals surface area contributed by atoms with E-state index in [4.69, 9.17) is 0 Å². The quantitative estimate of drug-likeness (QED) is 0.615. The molecule has 0 spiro atoms. The summed E-state index contributed by atoms with van der Waals surface area (Å²) in [5.41, 5.74) is 5.13. The van der Waals surface area contributed by atoms with E-state index in [9.17, 15) is 9.59 Å². The number of rotatable bonds is 6.